The van der Waals surface area contributed by atoms with Gasteiger partial charge in [-0.1, -0.05) is 23.7 Å². The van der Waals surface area contributed by atoms with Crippen LogP contribution >= 0.6 is 11.6 Å². The summed E-state index contributed by atoms with van der Waals surface area (Å²) in [5, 5.41) is 0.326. The average molecular weight is 291 g/mol. The Hall–Kier alpha value is -1.94. The number of hydrogen-bond donors (Lipinski definition) is 0. The van der Waals surface area contributed by atoms with Crippen LogP contribution in [0.1, 0.15) is 22.3 Å². The Morgan fingerprint density at radius 3 is 2.90 bits per heavy atom. The van der Waals surface area contributed by atoms with Crippen molar-refractivity contribution < 1.29 is 9.18 Å². The van der Waals surface area contributed by atoms with Gasteiger partial charge in [0.05, 0.1) is 11.3 Å². The summed E-state index contributed by atoms with van der Waals surface area (Å²) in [6.07, 6.45) is 3.03. The third kappa shape index (κ3) is 2.27. The van der Waals surface area contributed by atoms with Crippen LogP contribution in [0.4, 0.5) is 10.1 Å². The molecule has 3 nitrogen and oxygen atoms in total. The number of carbonyl (C=O) groups excluding carboxylic acids is 1. The van der Waals surface area contributed by atoms with Crippen molar-refractivity contribution in [2.45, 2.75) is 12.8 Å². The molecule has 0 fully saturated rings. The minimum absolute atomic E-state index is 0.250. The Morgan fingerprint density at radius 1 is 1.30 bits per heavy atom. The average Bonchev–Trinajstić information content (AvgIpc) is 2.47. The summed E-state index contributed by atoms with van der Waals surface area (Å²) in [5.41, 5.74) is 1.66. The molecule has 0 N–H and O–H groups in total. The van der Waals surface area contributed by atoms with E-state index in [2.05, 4.69) is 4.98 Å². The topological polar surface area (TPSA) is 33.2 Å². The fraction of sp³-hybridized carbons (Fsp3) is 0.200. The lowest BCUT2D eigenvalue weighted by Crippen LogP contribution is -2.36. The summed E-state index contributed by atoms with van der Waals surface area (Å²) in [5.74, 6) is -0.613. The van der Waals surface area contributed by atoms with Crippen LogP contribution in [-0.4, -0.2) is 17.4 Å². The number of aromatic nitrogens is 1. The normalized spacial score (nSPS) is 14.0. The van der Waals surface area contributed by atoms with E-state index >= 15 is 0 Å². The molecular weight excluding hydrogens is 279 g/mol. The Kier molecular flexibility index (Phi) is 3.40. The van der Waals surface area contributed by atoms with Gasteiger partial charge in [-0.05, 0) is 36.6 Å². The summed E-state index contributed by atoms with van der Waals surface area (Å²) in [6.45, 7) is 0.509. The Bertz CT molecular complexity index is 657. The molecule has 2 aromatic rings. The fourth-order valence-electron chi connectivity index (χ4n) is 2.46. The molecule has 1 aliphatic rings. The SMILES string of the molecule is O=C(c1ccc(Cl)nc1)N1CCCc2cccc(F)c21. The molecule has 1 aromatic heterocycles. The number of rotatable bonds is 1. The molecule has 1 aliphatic heterocycles. The van der Waals surface area contributed by atoms with Gasteiger partial charge in [-0.2, -0.15) is 0 Å². The maximum atomic E-state index is 14.0. The van der Waals surface area contributed by atoms with E-state index in [-0.39, 0.29) is 11.7 Å². The molecule has 1 aromatic carbocycles. The molecule has 0 bridgehead atoms. The molecule has 1 amide bonds. The minimum Gasteiger partial charge on any atom is -0.305 e. The smallest absolute Gasteiger partial charge is 0.259 e. The second-order valence-corrected chi connectivity index (χ2v) is 5.06. The predicted molar refractivity (Wildman–Crippen MR) is 75.6 cm³/mol. The lowest BCUT2D eigenvalue weighted by atomic mass is 10.0. The third-order valence-electron chi connectivity index (χ3n) is 3.39. The van der Waals surface area contributed by atoms with Crippen LogP contribution < -0.4 is 4.90 Å². The highest BCUT2D eigenvalue weighted by molar-refractivity contribution is 6.29. The van der Waals surface area contributed by atoms with Gasteiger partial charge in [-0.3, -0.25) is 4.79 Å². The zero-order chi connectivity index (χ0) is 14.1. The first-order valence-electron chi connectivity index (χ1n) is 6.37. The van der Waals surface area contributed by atoms with Gasteiger partial charge in [0.2, 0.25) is 0 Å². The number of hydrogen-bond acceptors (Lipinski definition) is 2. The van der Waals surface area contributed by atoms with E-state index < -0.39 is 0 Å². The van der Waals surface area contributed by atoms with Crippen molar-refractivity contribution in [3.63, 3.8) is 0 Å². The van der Waals surface area contributed by atoms with E-state index in [1.54, 1.807) is 18.2 Å². The Labute approximate surface area is 121 Å². The lowest BCUT2D eigenvalue weighted by molar-refractivity contribution is 0.0984. The summed E-state index contributed by atoms with van der Waals surface area (Å²) in [4.78, 5) is 17.9. The van der Waals surface area contributed by atoms with E-state index in [1.165, 1.54) is 17.2 Å². The van der Waals surface area contributed by atoms with Crippen LogP contribution in [0.15, 0.2) is 36.5 Å². The third-order valence-corrected chi connectivity index (χ3v) is 3.61. The van der Waals surface area contributed by atoms with Crippen LogP contribution in [0.25, 0.3) is 0 Å². The van der Waals surface area contributed by atoms with Gasteiger partial charge in [-0.25, -0.2) is 9.37 Å². The predicted octanol–water partition coefficient (Wildman–Crippen LogP) is 3.47. The number of halogens is 2. The molecule has 0 saturated heterocycles. The highest BCUT2D eigenvalue weighted by Crippen LogP contribution is 2.31. The van der Waals surface area contributed by atoms with E-state index in [4.69, 9.17) is 11.6 Å². The molecular formula is C15H12ClFN2O. The van der Waals surface area contributed by atoms with Gasteiger partial charge in [-0.15, -0.1) is 0 Å². The number of amides is 1. The highest BCUT2D eigenvalue weighted by Gasteiger charge is 2.26. The first-order chi connectivity index (χ1) is 9.66. The van der Waals surface area contributed by atoms with Crippen LogP contribution in [0.2, 0.25) is 5.15 Å². The monoisotopic (exact) mass is 290 g/mol. The molecule has 2 heterocycles. The lowest BCUT2D eigenvalue weighted by Gasteiger charge is -2.29. The first-order valence-corrected chi connectivity index (χ1v) is 6.75. The molecule has 0 aliphatic carbocycles. The standard InChI is InChI=1S/C15H12ClFN2O/c16-13-7-6-11(9-18-13)15(20)19-8-2-4-10-3-1-5-12(17)14(10)19/h1,3,5-7,9H,2,4,8H2. The maximum absolute atomic E-state index is 14.0. The van der Waals surface area contributed by atoms with Gasteiger partial charge in [0, 0.05) is 12.7 Å². The largest absolute Gasteiger partial charge is 0.305 e. The number of para-hydroxylation sites is 1. The van der Waals surface area contributed by atoms with E-state index in [1.807, 2.05) is 6.07 Å². The molecule has 20 heavy (non-hydrogen) atoms. The number of fused-ring (bicyclic) bond motifs is 1. The molecule has 102 valence electrons. The molecule has 0 atom stereocenters. The summed E-state index contributed by atoms with van der Waals surface area (Å²) < 4.78 is 14.0. The van der Waals surface area contributed by atoms with Crippen molar-refractivity contribution in [2.24, 2.45) is 0 Å². The first kappa shape index (κ1) is 13.1. The molecule has 0 radical (unpaired) electrons. The van der Waals surface area contributed by atoms with Gasteiger partial charge in [0.25, 0.3) is 5.91 Å². The van der Waals surface area contributed by atoms with Gasteiger partial charge in [0.1, 0.15) is 11.0 Å². The second kappa shape index (κ2) is 5.21. The van der Waals surface area contributed by atoms with E-state index in [9.17, 15) is 9.18 Å². The van der Waals surface area contributed by atoms with Gasteiger partial charge < -0.3 is 4.90 Å². The Balaban J connectivity index is 2.00. The van der Waals surface area contributed by atoms with Crippen molar-refractivity contribution in [1.82, 2.24) is 4.98 Å². The van der Waals surface area contributed by atoms with Crippen molar-refractivity contribution in [1.29, 1.82) is 0 Å². The molecule has 0 saturated carbocycles. The molecule has 3 rings (SSSR count). The molecule has 5 heteroatoms. The summed E-state index contributed by atoms with van der Waals surface area (Å²) in [7, 11) is 0. The van der Waals surface area contributed by atoms with Crippen LogP contribution in [0.3, 0.4) is 0 Å². The van der Waals surface area contributed by atoms with Crippen molar-refractivity contribution in [3.8, 4) is 0 Å². The van der Waals surface area contributed by atoms with Crippen LogP contribution in [-0.2, 0) is 6.42 Å². The quantitative estimate of drug-likeness (QED) is 0.754. The number of anilines is 1. The number of nitrogens with zero attached hydrogens (tertiary/aromatic N) is 2. The van der Waals surface area contributed by atoms with Crippen molar-refractivity contribution in [2.75, 3.05) is 11.4 Å². The Morgan fingerprint density at radius 2 is 2.15 bits per heavy atom. The zero-order valence-corrected chi connectivity index (χ0v) is 11.4. The van der Waals surface area contributed by atoms with Gasteiger partial charge >= 0.3 is 0 Å². The number of aryl methyl sites for hydroxylation is 1. The van der Waals surface area contributed by atoms with Crippen LogP contribution in [0.5, 0.6) is 0 Å². The maximum Gasteiger partial charge on any atom is 0.259 e. The number of benzene rings is 1. The van der Waals surface area contributed by atoms with Gasteiger partial charge in [0.15, 0.2) is 0 Å². The van der Waals surface area contributed by atoms with E-state index in [0.717, 1.165) is 18.4 Å². The zero-order valence-electron chi connectivity index (χ0n) is 10.6. The number of pyridine rings is 1. The van der Waals surface area contributed by atoms with Crippen molar-refractivity contribution in [3.05, 3.63) is 58.6 Å². The number of carbonyl (C=O) groups is 1. The second-order valence-electron chi connectivity index (χ2n) is 4.68. The molecule has 0 unspecified atom stereocenters. The highest BCUT2D eigenvalue weighted by atomic mass is 35.5. The molecule has 0 spiro atoms. The summed E-state index contributed by atoms with van der Waals surface area (Å²) >= 11 is 5.71. The van der Waals surface area contributed by atoms with Crippen LogP contribution in [0, 0.1) is 5.82 Å². The fourth-order valence-corrected chi connectivity index (χ4v) is 2.58. The van der Waals surface area contributed by atoms with Crippen molar-refractivity contribution >= 4 is 23.2 Å². The minimum atomic E-state index is -0.363. The summed E-state index contributed by atoms with van der Waals surface area (Å²) in [6, 6.07) is 8.07. The van der Waals surface area contributed by atoms with E-state index in [0.29, 0.717) is 22.9 Å².